The first-order chi connectivity index (χ1) is 9.22. The van der Waals surface area contributed by atoms with Crippen LogP contribution in [0.15, 0.2) is 36.4 Å². The van der Waals surface area contributed by atoms with Gasteiger partial charge in [-0.1, -0.05) is 23.8 Å². The van der Waals surface area contributed by atoms with E-state index in [1.54, 1.807) is 0 Å². The van der Waals surface area contributed by atoms with Crippen molar-refractivity contribution in [2.45, 2.75) is 13.3 Å². The molecule has 0 saturated carbocycles. The van der Waals surface area contributed by atoms with E-state index in [4.69, 9.17) is 0 Å². The number of aryl methyl sites for hydroxylation is 1. The number of anilines is 1. The molecule has 0 N–H and O–H groups in total. The molecule has 2 heterocycles. The quantitative estimate of drug-likeness (QED) is 0.823. The Kier molecular flexibility index (Phi) is 2.99. The Morgan fingerprint density at radius 2 is 2.05 bits per heavy atom. The second-order valence-electron chi connectivity index (χ2n) is 4.86. The van der Waals surface area contributed by atoms with Gasteiger partial charge in [0.1, 0.15) is 0 Å². The highest BCUT2D eigenvalue weighted by Crippen LogP contribution is 2.20. The van der Waals surface area contributed by atoms with E-state index in [-0.39, 0.29) is 5.78 Å². The average Bonchev–Trinajstić information content (AvgIpc) is 2.86. The van der Waals surface area contributed by atoms with Crippen molar-refractivity contribution in [3.63, 3.8) is 0 Å². The van der Waals surface area contributed by atoms with E-state index in [1.165, 1.54) is 5.56 Å². The largest absolute Gasteiger partial charge is 0.347 e. The lowest BCUT2D eigenvalue weighted by Crippen LogP contribution is -2.21. The Hall–Kier alpha value is -2.23. The smallest absolute Gasteiger partial charge is 0.153 e. The Labute approximate surface area is 112 Å². The molecule has 1 aromatic heterocycles. The number of hydrogen-bond acceptors (Lipinski definition) is 4. The Bertz CT molecular complexity index is 607. The van der Waals surface area contributed by atoms with Crippen LogP contribution < -0.4 is 4.90 Å². The Morgan fingerprint density at radius 3 is 2.68 bits per heavy atom. The lowest BCUT2D eigenvalue weighted by Gasteiger charge is -2.14. The zero-order valence-corrected chi connectivity index (χ0v) is 10.8. The van der Waals surface area contributed by atoms with Crippen LogP contribution in [-0.2, 0) is 4.79 Å². The molecule has 0 atom stereocenters. The molecule has 0 bridgehead atoms. The Balaban J connectivity index is 1.85. The predicted molar refractivity (Wildman–Crippen MR) is 74.0 cm³/mol. The number of nitrogens with zero attached hydrogens (tertiary/aromatic N) is 3. The van der Waals surface area contributed by atoms with Gasteiger partial charge in [-0.05, 0) is 25.1 Å². The summed E-state index contributed by atoms with van der Waals surface area (Å²) in [5.74, 6) is 1.05. The van der Waals surface area contributed by atoms with Crippen LogP contribution in [0.1, 0.15) is 12.0 Å². The van der Waals surface area contributed by atoms with Crippen LogP contribution in [-0.4, -0.2) is 29.1 Å². The van der Waals surface area contributed by atoms with Gasteiger partial charge < -0.3 is 4.90 Å². The van der Waals surface area contributed by atoms with Crippen molar-refractivity contribution in [3.8, 4) is 11.3 Å². The minimum Gasteiger partial charge on any atom is -0.347 e. The summed E-state index contributed by atoms with van der Waals surface area (Å²) < 4.78 is 0. The molecule has 1 aliphatic rings. The number of Topliss-reactive ketones (excluding diaryl/α,β-unsaturated/α-hetero) is 1. The summed E-state index contributed by atoms with van der Waals surface area (Å²) in [6, 6.07) is 12.1. The van der Waals surface area contributed by atoms with E-state index in [0.717, 1.165) is 23.6 Å². The van der Waals surface area contributed by atoms with E-state index >= 15 is 0 Å². The molecule has 1 saturated heterocycles. The minimum atomic E-state index is 0.268. The number of ketones is 1. The van der Waals surface area contributed by atoms with Gasteiger partial charge in [-0.25, -0.2) is 0 Å². The molecule has 0 unspecified atom stereocenters. The molecule has 96 valence electrons. The van der Waals surface area contributed by atoms with Crippen LogP contribution >= 0.6 is 0 Å². The Morgan fingerprint density at radius 1 is 1.16 bits per heavy atom. The van der Waals surface area contributed by atoms with Crippen molar-refractivity contribution in [1.29, 1.82) is 0 Å². The van der Waals surface area contributed by atoms with Gasteiger partial charge in [-0.3, -0.25) is 4.79 Å². The number of carbonyl (C=O) groups excluding carboxylic acids is 1. The first kappa shape index (κ1) is 11.8. The van der Waals surface area contributed by atoms with Crippen LogP contribution in [0, 0.1) is 6.92 Å². The second-order valence-corrected chi connectivity index (χ2v) is 4.86. The second kappa shape index (κ2) is 4.80. The predicted octanol–water partition coefficient (Wildman–Crippen LogP) is 2.23. The van der Waals surface area contributed by atoms with Gasteiger partial charge in [0.25, 0.3) is 0 Å². The summed E-state index contributed by atoms with van der Waals surface area (Å²) >= 11 is 0. The van der Waals surface area contributed by atoms with Gasteiger partial charge >= 0.3 is 0 Å². The average molecular weight is 253 g/mol. The van der Waals surface area contributed by atoms with Crippen molar-refractivity contribution in [2.75, 3.05) is 18.0 Å². The highest BCUT2D eigenvalue weighted by Gasteiger charge is 2.20. The van der Waals surface area contributed by atoms with Gasteiger partial charge in [0, 0.05) is 18.5 Å². The van der Waals surface area contributed by atoms with Crippen LogP contribution in [0.2, 0.25) is 0 Å². The number of aromatic nitrogens is 2. The molecule has 1 aliphatic heterocycles. The lowest BCUT2D eigenvalue weighted by atomic mass is 10.1. The van der Waals surface area contributed by atoms with E-state index < -0.39 is 0 Å². The van der Waals surface area contributed by atoms with Crippen LogP contribution in [0.3, 0.4) is 0 Å². The van der Waals surface area contributed by atoms with Crippen molar-refractivity contribution in [3.05, 3.63) is 42.0 Å². The highest BCUT2D eigenvalue weighted by atomic mass is 16.1. The minimum absolute atomic E-state index is 0.268. The molecule has 0 aliphatic carbocycles. The maximum Gasteiger partial charge on any atom is 0.153 e. The summed E-state index contributed by atoms with van der Waals surface area (Å²) in [7, 11) is 0. The summed E-state index contributed by atoms with van der Waals surface area (Å²) in [6.45, 7) is 3.26. The van der Waals surface area contributed by atoms with E-state index in [2.05, 4.69) is 29.3 Å². The molecule has 3 rings (SSSR count). The van der Waals surface area contributed by atoms with Gasteiger partial charge in [0.05, 0.1) is 12.2 Å². The van der Waals surface area contributed by atoms with Crippen molar-refractivity contribution >= 4 is 11.6 Å². The number of benzene rings is 1. The standard InChI is InChI=1S/C15H15N3O/c1-11-3-2-4-12(9-11)14-5-6-15(17-16-14)18-8-7-13(19)10-18/h2-6,9H,7-8,10H2,1H3. The fourth-order valence-electron chi connectivity index (χ4n) is 2.28. The molecule has 4 heteroatoms. The van der Waals surface area contributed by atoms with Gasteiger partial charge in [-0.15, -0.1) is 10.2 Å². The molecule has 1 aromatic carbocycles. The monoisotopic (exact) mass is 253 g/mol. The third-order valence-electron chi connectivity index (χ3n) is 3.32. The van der Waals surface area contributed by atoms with Crippen LogP contribution in [0.5, 0.6) is 0 Å². The van der Waals surface area contributed by atoms with Crippen molar-refractivity contribution in [1.82, 2.24) is 10.2 Å². The molecular weight excluding hydrogens is 238 g/mol. The zero-order valence-electron chi connectivity index (χ0n) is 10.8. The maximum absolute atomic E-state index is 11.3. The lowest BCUT2D eigenvalue weighted by molar-refractivity contribution is -0.116. The summed E-state index contributed by atoms with van der Waals surface area (Å²) in [4.78, 5) is 13.2. The fraction of sp³-hybridized carbons (Fsp3) is 0.267. The topological polar surface area (TPSA) is 46.1 Å². The number of rotatable bonds is 2. The SMILES string of the molecule is Cc1cccc(-c2ccc(N3CCC(=O)C3)nn2)c1. The first-order valence-electron chi connectivity index (χ1n) is 6.40. The summed E-state index contributed by atoms with van der Waals surface area (Å²) in [5, 5.41) is 8.48. The third-order valence-corrected chi connectivity index (χ3v) is 3.32. The molecule has 4 nitrogen and oxygen atoms in total. The molecule has 0 radical (unpaired) electrons. The molecule has 2 aromatic rings. The van der Waals surface area contributed by atoms with Crippen LogP contribution in [0.25, 0.3) is 11.3 Å². The van der Waals surface area contributed by atoms with Gasteiger partial charge in [0.2, 0.25) is 0 Å². The molecule has 0 spiro atoms. The zero-order chi connectivity index (χ0) is 13.2. The number of hydrogen-bond donors (Lipinski definition) is 0. The molecule has 0 amide bonds. The van der Waals surface area contributed by atoms with Crippen molar-refractivity contribution in [2.24, 2.45) is 0 Å². The maximum atomic E-state index is 11.3. The van der Waals surface area contributed by atoms with Gasteiger partial charge in [0.15, 0.2) is 11.6 Å². The van der Waals surface area contributed by atoms with E-state index in [0.29, 0.717) is 13.0 Å². The number of carbonyl (C=O) groups is 1. The third kappa shape index (κ3) is 2.47. The molecular formula is C15H15N3O. The fourth-order valence-corrected chi connectivity index (χ4v) is 2.28. The summed E-state index contributed by atoms with van der Waals surface area (Å²) in [5.41, 5.74) is 3.13. The summed E-state index contributed by atoms with van der Waals surface area (Å²) in [6.07, 6.45) is 0.612. The van der Waals surface area contributed by atoms with Gasteiger partial charge in [-0.2, -0.15) is 0 Å². The molecule has 1 fully saturated rings. The highest BCUT2D eigenvalue weighted by molar-refractivity contribution is 5.86. The normalized spacial score (nSPS) is 15.0. The van der Waals surface area contributed by atoms with Crippen LogP contribution in [0.4, 0.5) is 5.82 Å². The molecule has 19 heavy (non-hydrogen) atoms. The first-order valence-corrected chi connectivity index (χ1v) is 6.40. The van der Waals surface area contributed by atoms with E-state index in [9.17, 15) is 4.79 Å². The van der Waals surface area contributed by atoms with Crippen molar-refractivity contribution < 1.29 is 4.79 Å². The van der Waals surface area contributed by atoms with E-state index in [1.807, 2.05) is 29.2 Å².